The molecule has 0 saturated carbocycles. The molecule has 0 aliphatic carbocycles. The first kappa shape index (κ1) is 15.3. The van der Waals surface area contributed by atoms with Crippen LogP contribution in [0.1, 0.15) is 26.0 Å². The third-order valence-corrected chi connectivity index (χ3v) is 3.84. The number of fused-ring (bicyclic) bond motifs is 3. The molecule has 23 heavy (non-hydrogen) atoms. The summed E-state index contributed by atoms with van der Waals surface area (Å²) < 4.78 is 0. The predicted molar refractivity (Wildman–Crippen MR) is 95.1 cm³/mol. The van der Waals surface area contributed by atoms with Crippen LogP contribution in [-0.2, 0) is 4.79 Å². The minimum Gasteiger partial charge on any atom is -0.353 e. The molecule has 1 aromatic carbocycles. The van der Waals surface area contributed by atoms with Gasteiger partial charge in [0.1, 0.15) is 0 Å². The second-order valence-electron chi connectivity index (χ2n) is 6.13. The number of carbonyl (C=O) groups is 1. The molecule has 2 aromatic heterocycles. The number of hydrogen-bond acceptors (Lipinski definition) is 2. The van der Waals surface area contributed by atoms with E-state index < -0.39 is 0 Å². The summed E-state index contributed by atoms with van der Waals surface area (Å²) in [6.45, 7) is 4.99. The Balaban J connectivity index is 1.76. The lowest BCUT2D eigenvalue weighted by Crippen LogP contribution is -2.23. The standard InChI is InChI=1S/C19H21N3O/c1-13(2)9-10-20-19(23)8-7-14-11-16-15-5-3-4-6-17(15)22-18(16)12-21-14/h3-8,11-13,22H,9-10H2,1-2H3,(H,20,23)/b8-7+. The molecule has 118 valence electrons. The number of para-hydroxylation sites is 1. The van der Waals surface area contributed by atoms with Crippen molar-refractivity contribution in [3.05, 3.63) is 48.3 Å². The third kappa shape index (κ3) is 3.59. The molecule has 2 heterocycles. The van der Waals surface area contributed by atoms with E-state index in [2.05, 4.69) is 35.2 Å². The highest BCUT2D eigenvalue weighted by Gasteiger charge is 2.04. The molecule has 3 aromatic rings. The number of aromatic amines is 1. The summed E-state index contributed by atoms with van der Waals surface area (Å²) in [5.41, 5.74) is 2.88. The molecule has 0 radical (unpaired) electrons. The Morgan fingerprint density at radius 1 is 1.26 bits per heavy atom. The molecular formula is C19H21N3O. The zero-order valence-electron chi connectivity index (χ0n) is 13.5. The first-order valence-electron chi connectivity index (χ1n) is 7.96. The smallest absolute Gasteiger partial charge is 0.244 e. The highest BCUT2D eigenvalue weighted by molar-refractivity contribution is 6.07. The summed E-state index contributed by atoms with van der Waals surface area (Å²) in [6.07, 6.45) is 6.10. The largest absolute Gasteiger partial charge is 0.353 e. The Bertz CT molecular complexity index is 861. The molecular weight excluding hydrogens is 286 g/mol. The molecule has 0 unspecified atom stereocenters. The van der Waals surface area contributed by atoms with Crippen molar-refractivity contribution >= 4 is 33.8 Å². The van der Waals surface area contributed by atoms with Crippen LogP contribution in [0.15, 0.2) is 42.6 Å². The van der Waals surface area contributed by atoms with Gasteiger partial charge < -0.3 is 10.3 Å². The zero-order chi connectivity index (χ0) is 16.2. The molecule has 2 N–H and O–H groups in total. The Morgan fingerprint density at radius 2 is 2.09 bits per heavy atom. The minimum atomic E-state index is -0.0773. The fraction of sp³-hybridized carbons (Fsp3) is 0.263. The summed E-state index contributed by atoms with van der Waals surface area (Å²) in [5, 5.41) is 5.17. The molecule has 0 spiro atoms. The van der Waals surface area contributed by atoms with E-state index in [1.165, 1.54) is 5.39 Å². The van der Waals surface area contributed by atoms with Crippen molar-refractivity contribution in [2.24, 2.45) is 5.92 Å². The van der Waals surface area contributed by atoms with Crippen LogP contribution in [-0.4, -0.2) is 22.4 Å². The first-order valence-corrected chi connectivity index (χ1v) is 7.96. The van der Waals surface area contributed by atoms with Gasteiger partial charge in [-0.3, -0.25) is 9.78 Å². The van der Waals surface area contributed by atoms with Gasteiger partial charge >= 0.3 is 0 Å². The van der Waals surface area contributed by atoms with Crippen LogP contribution in [0.2, 0.25) is 0 Å². The monoisotopic (exact) mass is 307 g/mol. The highest BCUT2D eigenvalue weighted by atomic mass is 16.1. The van der Waals surface area contributed by atoms with Crippen molar-refractivity contribution in [3.8, 4) is 0 Å². The van der Waals surface area contributed by atoms with Crippen molar-refractivity contribution in [2.45, 2.75) is 20.3 Å². The molecule has 0 fully saturated rings. The maximum Gasteiger partial charge on any atom is 0.244 e. The fourth-order valence-corrected chi connectivity index (χ4v) is 2.56. The maximum absolute atomic E-state index is 11.8. The molecule has 0 aliphatic rings. The number of amides is 1. The lowest BCUT2D eigenvalue weighted by Gasteiger charge is -2.04. The number of hydrogen-bond donors (Lipinski definition) is 2. The number of H-pyrrole nitrogens is 1. The van der Waals surface area contributed by atoms with Gasteiger partial charge in [0.15, 0.2) is 0 Å². The van der Waals surface area contributed by atoms with Crippen LogP contribution >= 0.6 is 0 Å². The SMILES string of the molecule is CC(C)CCNC(=O)/C=C/c1cc2c(cn1)[nH]c1ccccc12. The summed E-state index contributed by atoms with van der Waals surface area (Å²) in [5.74, 6) is 0.511. The molecule has 3 rings (SSSR count). The second kappa shape index (κ2) is 6.65. The minimum absolute atomic E-state index is 0.0773. The predicted octanol–water partition coefficient (Wildman–Crippen LogP) is 3.89. The van der Waals surface area contributed by atoms with Crippen molar-refractivity contribution < 1.29 is 4.79 Å². The average molecular weight is 307 g/mol. The molecule has 0 bridgehead atoms. The normalized spacial score (nSPS) is 11.8. The van der Waals surface area contributed by atoms with Gasteiger partial charge in [0.05, 0.1) is 17.4 Å². The van der Waals surface area contributed by atoms with Crippen molar-refractivity contribution in [1.82, 2.24) is 15.3 Å². The lowest BCUT2D eigenvalue weighted by atomic mass is 10.1. The van der Waals surface area contributed by atoms with Gasteiger partial charge in [-0.1, -0.05) is 32.0 Å². The summed E-state index contributed by atoms with van der Waals surface area (Å²) in [7, 11) is 0. The summed E-state index contributed by atoms with van der Waals surface area (Å²) in [4.78, 5) is 19.5. The summed E-state index contributed by atoms with van der Waals surface area (Å²) >= 11 is 0. The van der Waals surface area contributed by atoms with Crippen LogP contribution in [0, 0.1) is 5.92 Å². The van der Waals surface area contributed by atoms with Crippen LogP contribution in [0.3, 0.4) is 0 Å². The lowest BCUT2D eigenvalue weighted by molar-refractivity contribution is -0.116. The number of rotatable bonds is 5. The van der Waals surface area contributed by atoms with E-state index in [4.69, 9.17) is 0 Å². The van der Waals surface area contributed by atoms with Gasteiger partial charge in [-0.2, -0.15) is 0 Å². The fourth-order valence-electron chi connectivity index (χ4n) is 2.56. The maximum atomic E-state index is 11.8. The Hall–Kier alpha value is -2.62. The molecule has 4 nitrogen and oxygen atoms in total. The van der Waals surface area contributed by atoms with Crippen molar-refractivity contribution in [3.63, 3.8) is 0 Å². The van der Waals surface area contributed by atoms with Gasteiger partial charge in [-0.25, -0.2) is 0 Å². The van der Waals surface area contributed by atoms with E-state index in [9.17, 15) is 4.79 Å². The molecule has 0 aliphatic heterocycles. The van der Waals surface area contributed by atoms with Gasteiger partial charge in [0.2, 0.25) is 5.91 Å². The zero-order valence-corrected chi connectivity index (χ0v) is 13.5. The number of nitrogens with one attached hydrogen (secondary N) is 2. The molecule has 0 atom stereocenters. The number of pyridine rings is 1. The summed E-state index contributed by atoms with van der Waals surface area (Å²) in [6, 6.07) is 10.2. The topological polar surface area (TPSA) is 57.8 Å². The molecule has 0 saturated heterocycles. The van der Waals surface area contributed by atoms with E-state index in [1.807, 2.05) is 30.5 Å². The van der Waals surface area contributed by atoms with E-state index in [1.54, 1.807) is 12.2 Å². The average Bonchev–Trinajstić information content (AvgIpc) is 2.90. The number of benzene rings is 1. The highest BCUT2D eigenvalue weighted by Crippen LogP contribution is 2.25. The Morgan fingerprint density at radius 3 is 2.91 bits per heavy atom. The van der Waals surface area contributed by atoms with E-state index in [0.29, 0.717) is 12.5 Å². The van der Waals surface area contributed by atoms with Gasteiger partial charge in [0, 0.05) is 28.9 Å². The molecule has 1 amide bonds. The quantitative estimate of drug-likeness (QED) is 0.703. The van der Waals surface area contributed by atoms with E-state index >= 15 is 0 Å². The van der Waals surface area contributed by atoms with E-state index in [-0.39, 0.29) is 5.91 Å². The van der Waals surface area contributed by atoms with Crippen LogP contribution < -0.4 is 5.32 Å². The Labute approximate surface area is 135 Å². The van der Waals surface area contributed by atoms with Crippen LogP contribution in [0.5, 0.6) is 0 Å². The van der Waals surface area contributed by atoms with Crippen molar-refractivity contribution in [1.29, 1.82) is 0 Å². The van der Waals surface area contributed by atoms with Crippen LogP contribution in [0.25, 0.3) is 27.9 Å². The third-order valence-electron chi connectivity index (χ3n) is 3.84. The first-order chi connectivity index (χ1) is 11.1. The molecule has 4 heteroatoms. The van der Waals surface area contributed by atoms with Crippen LogP contribution in [0.4, 0.5) is 0 Å². The van der Waals surface area contributed by atoms with Crippen molar-refractivity contribution in [2.75, 3.05) is 6.54 Å². The van der Waals surface area contributed by atoms with E-state index in [0.717, 1.165) is 28.5 Å². The van der Waals surface area contributed by atoms with Gasteiger partial charge in [0.25, 0.3) is 0 Å². The van der Waals surface area contributed by atoms with Gasteiger partial charge in [-0.15, -0.1) is 0 Å². The Kier molecular flexibility index (Phi) is 4.42. The number of aromatic nitrogens is 2. The number of carbonyl (C=O) groups excluding carboxylic acids is 1. The number of nitrogens with zero attached hydrogens (tertiary/aromatic N) is 1. The van der Waals surface area contributed by atoms with Gasteiger partial charge in [-0.05, 0) is 30.5 Å². The second-order valence-corrected chi connectivity index (χ2v) is 6.13.